The minimum atomic E-state index is 0. The number of hydrogen-bond acceptors (Lipinski definition) is 4. The predicted octanol–water partition coefficient (Wildman–Crippen LogP) is 3.33. The number of carbonyl (C=O) groups excluding carboxylic acids is 1. The minimum Gasteiger partial charge on any atom is -0.490 e. The molecular weight excluding hydrogens is 408 g/mol. The lowest BCUT2D eigenvalue weighted by atomic mass is 9.94. The van der Waals surface area contributed by atoms with Gasteiger partial charge in [0.2, 0.25) is 5.91 Å². The number of benzene rings is 1. The number of rotatable bonds is 7. The van der Waals surface area contributed by atoms with E-state index in [1.54, 1.807) is 0 Å². The van der Waals surface area contributed by atoms with E-state index in [0.717, 1.165) is 29.5 Å². The van der Waals surface area contributed by atoms with Gasteiger partial charge in [-0.15, -0.1) is 12.4 Å². The number of hydrogen-bond donors (Lipinski definition) is 2. The van der Waals surface area contributed by atoms with E-state index in [4.69, 9.17) is 9.47 Å². The first-order valence-corrected chi connectivity index (χ1v) is 9.42. The van der Waals surface area contributed by atoms with E-state index in [2.05, 4.69) is 33.5 Å². The van der Waals surface area contributed by atoms with Crippen molar-refractivity contribution in [3.8, 4) is 11.5 Å². The second-order valence-electron chi connectivity index (χ2n) is 6.08. The van der Waals surface area contributed by atoms with Gasteiger partial charge in [0, 0.05) is 17.1 Å². The average Bonchev–Trinajstić information content (AvgIpc) is 2.54. The molecule has 2 unspecified atom stereocenters. The number of halogens is 2. The van der Waals surface area contributed by atoms with Crippen molar-refractivity contribution in [1.82, 2.24) is 10.6 Å². The summed E-state index contributed by atoms with van der Waals surface area (Å²) in [6.07, 6.45) is 1.41. The van der Waals surface area contributed by atoms with E-state index in [1.807, 2.05) is 26.0 Å². The first-order chi connectivity index (χ1) is 11.5. The van der Waals surface area contributed by atoms with Crippen molar-refractivity contribution in [2.45, 2.75) is 39.7 Å². The van der Waals surface area contributed by atoms with Gasteiger partial charge in [-0.05, 0) is 50.4 Å². The summed E-state index contributed by atoms with van der Waals surface area (Å²) < 4.78 is 12.1. The van der Waals surface area contributed by atoms with Crippen LogP contribution in [-0.4, -0.2) is 38.3 Å². The molecule has 1 heterocycles. The van der Waals surface area contributed by atoms with Crippen LogP contribution in [0.2, 0.25) is 0 Å². The zero-order valence-electron chi connectivity index (χ0n) is 15.1. The van der Waals surface area contributed by atoms with Gasteiger partial charge >= 0.3 is 0 Å². The Morgan fingerprint density at radius 1 is 1.28 bits per heavy atom. The van der Waals surface area contributed by atoms with Crippen LogP contribution in [0.3, 0.4) is 0 Å². The molecule has 0 bridgehead atoms. The smallest absolute Gasteiger partial charge is 0.224 e. The number of nitrogens with one attached hydrogen (secondary N) is 2. The monoisotopic (exact) mass is 434 g/mol. The van der Waals surface area contributed by atoms with Crippen molar-refractivity contribution in [3.63, 3.8) is 0 Å². The summed E-state index contributed by atoms with van der Waals surface area (Å²) in [5, 5.41) is 6.47. The molecule has 2 atom stereocenters. The third-order valence-electron chi connectivity index (χ3n) is 4.24. The number of piperidine rings is 1. The first kappa shape index (κ1) is 22.1. The van der Waals surface area contributed by atoms with Gasteiger partial charge in [0.1, 0.15) is 0 Å². The Bertz CT molecular complexity index is 571. The molecule has 0 aliphatic carbocycles. The fourth-order valence-corrected chi connectivity index (χ4v) is 3.33. The summed E-state index contributed by atoms with van der Waals surface area (Å²) in [5.74, 6) is 1.90. The zero-order valence-corrected chi connectivity index (χ0v) is 17.5. The van der Waals surface area contributed by atoms with Crippen LogP contribution in [-0.2, 0) is 11.2 Å². The predicted molar refractivity (Wildman–Crippen MR) is 106 cm³/mol. The number of carbonyl (C=O) groups is 1. The van der Waals surface area contributed by atoms with Gasteiger partial charge in [0.25, 0.3) is 0 Å². The molecule has 1 amide bonds. The van der Waals surface area contributed by atoms with Crippen LogP contribution < -0.4 is 20.1 Å². The molecule has 5 nitrogen and oxygen atoms in total. The van der Waals surface area contributed by atoms with Gasteiger partial charge in [-0.25, -0.2) is 0 Å². The highest BCUT2D eigenvalue weighted by Gasteiger charge is 2.23. The SMILES string of the molecule is CCOc1cc(Br)c(CC(=O)NC2CNCCC2C)cc1OCC.Cl. The normalized spacial score (nSPS) is 19.7. The van der Waals surface area contributed by atoms with E-state index < -0.39 is 0 Å². The first-order valence-electron chi connectivity index (χ1n) is 8.63. The third kappa shape index (κ3) is 6.35. The summed E-state index contributed by atoms with van der Waals surface area (Å²) >= 11 is 3.54. The van der Waals surface area contributed by atoms with E-state index >= 15 is 0 Å². The fourth-order valence-electron chi connectivity index (χ4n) is 2.86. The molecule has 1 aliphatic heterocycles. The number of amides is 1. The van der Waals surface area contributed by atoms with Crippen molar-refractivity contribution in [3.05, 3.63) is 22.2 Å². The summed E-state index contributed by atoms with van der Waals surface area (Å²) in [4.78, 5) is 12.4. The third-order valence-corrected chi connectivity index (χ3v) is 4.98. The Kier molecular flexibility index (Phi) is 9.61. The Balaban J connectivity index is 0.00000312. The molecule has 1 aromatic carbocycles. The largest absolute Gasteiger partial charge is 0.490 e. The van der Waals surface area contributed by atoms with Crippen LogP contribution in [0, 0.1) is 5.92 Å². The second kappa shape index (κ2) is 10.9. The maximum absolute atomic E-state index is 12.4. The van der Waals surface area contributed by atoms with Crippen molar-refractivity contribution < 1.29 is 14.3 Å². The number of ether oxygens (including phenoxy) is 2. The molecule has 2 N–H and O–H groups in total. The Morgan fingerprint density at radius 3 is 2.52 bits per heavy atom. The lowest BCUT2D eigenvalue weighted by Gasteiger charge is -2.30. The lowest BCUT2D eigenvalue weighted by molar-refractivity contribution is -0.121. The Labute approximate surface area is 164 Å². The highest BCUT2D eigenvalue weighted by atomic mass is 79.9. The quantitative estimate of drug-likeness (QED) is 0.690. The van der Waals surface area contributed by atoms with Gasteiger partial charge in [0.05, 0.1) is 19.6 Å². The molecule has 1 aliphatic rings. The van der Waals surface area contributed by atoms with Crippen LogP contribution in [0.4, 0.5) is 0 Å². The lowest BCUT2D eigenvalue weighted by Crippen LogP contribution is -2.50. The van der Waals surface area contributed by atoms with Gasteiger partial charge < -0.3 is 20.1 Å². The van der Waals surface area contributed by atoms with Crippen molar-refractivity contribution in [2.24, 2.45) is 5.92 Å². The zero-order chi connectivity index (χ0) is 17.5. The van der Waals surface area contributed by atoms with E-state index in [-0.39, 0.29) is 24.4 Å². The molecule has 1 saturated heterocycles. The highest BCUT2D eigenvalue weighted by molar-refractivity contribution is 9.10. The average molecular weight is 436 g/mol. The van der Waals surface area contributed by atoms with Crippen LogP contribution in [0.15, 0.2) is 16.6 Å². The Morgan fingerprint density at radius 2 is 1.92 bits per heavy atom. The molecule has 2 rings (SSSR count). The molecular formula is C18H28BrClN2O3. The maximum Gasteiger partial charge on any atom is 0.224 e. The molecule has 0 saturated carbocycles. The topological polar surface area (TPSA) is 59.6 Å². The van der Waals surface area contributed by atoms with Crippen LogP contribution in [0.5, 0.6) is 11.5 Å². The van der Waals surface area contributed by atoms with Gasteiger partial charge in [-0.2, -0.15) is 0 Å². The van der Waals surface area contributed by atoms with Crippen LogP contribution >= 0.6 is 28.3 Å². The molecule has 0 aromatic heterocycles. The summed E-state index contributed by atoms with van der Waals surface area (Å²) in [6, 6.07) is 3.96. The van der Waals surface area contributed by atoms with Gasteiger partial charge in [-0.1, -0.05) is 22.9 Å². The van der Waals surface area contributed by atoms with E-state index in [1.165, 1.54) is 0 Å². The standard InChI is InChI=1S/C18H27BrN2O3.ClH/c1-4-23-16-8-13(14(19)10-17(16)24-5-2)9-18(22)21-15-11-20-7-6-12(15)3;/h8,10,12,15,20H,4-7,9,11H2,1-3H3,(H,21,22);1H. The molecule has 25 heavy (non-hydrogen) atoms. The summed E-state index contributed by atoms with van der Waals surface area (Å²) in [7, 11) is 0. The van der Waals surface area contributed by atoms with Gasteiger partial charge in [-0.3, -0.25) is 4.79 Å². The molecule has 142 valence electrons. The minimum absolute atomic E-state index is 0. The fraction of sp³-hybridized carbons (Fsp3) is 0.611. The van der Waals surface area contributed by atoms with E-state index in [9.17, 15) is 4.79 Å². The summed E-state index contributed by atoms with van der Waals surface area (Å²) in [6.45, 7) is 9.03. The maximum atomic E-state index is 12.4. The van der Waals surface area contributed by atoms with Crippen molar-refractivity contribution in [1.29, 1.82) is 0 Å². The van der Waals surface area contributed by atoms with Gasteiger partial charge in [0.15, 0.2) is 11.5 Å². The molecule has 0 spiro atoms. The molecule has 1 fully saturated rings. The van der Waals surface area contributed by atoms with Crippen molar-refractivity contribution >= 4 is 34.2 Å². The van der Waals surface area contributed by atoms with Crippen LogP contribution in [0.1, 0.15) is 32.8 Å². The molecule has 7 heteroatoms. The highest BCUT2D eigenvalue weighted by Crippen LogP contribution is 2.34. The molecule has 1 aromatic rings. The van der Waals surface area contributed by atoms with Crippen molar-refractivity contribution in [2.75, 3.05) is 26.3 Å². The summed E-state index contributed by atoms with van der Waals surface area (Å²) in [5.41, 5.74) is 0.899. The second-order valence-corrected chi connectivity index (χ2v) is 6.93. The Hall–Kier alpha value is -0.980. The van der Waals surface area contributed by atoms with Crippen LogP contribution in [0.25, 0.3) is 0 Å². The van der Waals surface area contributed by atoms with E-state index in [0.29, 0.717) is 37.1 Å². The molecule has 0 radical (unpaired) electrons.